The summed E-state index contributed by atoms with van der Waals surface area (Å²) in [4.78, 5) is 28.5. The summed E-state index contributed by atoms with van der Waals surface area (Å²) in [7, 11) is 1.67. The molecule has 164 valence electrons. The Balaban J connectivity index is 1.46. The molecule has 2 aromatic carbocycles. The molecule has 31 heavy (non-hydrogen) atoms. The lowest BCUT2D eigenvalue weighted by molar-refractivity contribution is -0.130. The minimum atomic E-state index is -0.316. The van der Waals surface area contributed by atoms with Gasteiger partial charge in [0.1, 0.15) is 0 Å². The van der Waals surface area contributed by atoms with Crippen LogP contribution in [0.1, 0.15) is 5.56 Å². The summed E-state index contributed by atoms with van der Waals surface area (Å²) in [5.41, 5.74) is 5.33. The average molecular weight is 423 g/mol. The van der Waals surface area contributed by atoms with Crippen LogP contribution >= 0.6 is 0 Å². The van der Waals surface area contributed by atoms with E-state index in [9.17, 15) is 9.59 Å². The van der Waals surface area contributed by atoms with Gasteiger partial charge in [0.2, 0.25) is 11.8 Å². The highest BCUT2D eigenvalue weighted by Gasteiger charge is 2.50. The standard InChI is InChI=1S/C24H30N4O3/c1-31-15-14-27-16-20(23(29)25-13-12-18-8-4-2-5-9-18)22-21(17-27)24(30)28(26-22)19-10-6-3-7-11-19/h2-11,20-22,26H,12-17H2,1H3,(H,25,29). The van der Waals surface area contributed by atoms with Gasteiger partial charge < -0.3 is 10.1 Å². The molecular formula is C24H30N4O3. The van der Waals surface area contributed by atoms with Crippen molar-refractivity contribution in [2.24, 2.45) is 11.8 Å². The molecule has 2 aliphatic rings. The van der Waals surface area contributed by atoms with Crippen molar-refractivity contribution in [3.8, 4) is 0 Å². The van der Waals surface area contributed by atoms with E-state index in [1.54, 1.807) is 12.1 Å². The van der Waals surface area contributed by atoms with Crippen LogP contribution in [-0.4, -0.2) is 62.7 Å². The number of para-hydroxylation sites is 1. The van der Waals surface area contributed by atoms with E-state index in [0.717, 1.165) is 12.1 Å². The van der Waals surface area contributed by atoms with E-state index in [2.05, 4.69) is 27.8 Å². The molecule has 0 radical (unpaired) electrons. The molecule has 7 heteroatoms. The summed E-state index contributed by atoms with van der Waals surface area (Å²) >= 11 is 0. The number of hydrogen-bond donors (Lipinski definition) is 2. The molecule has 2 amide bonds. The number of amides is 2. The minimum Gasteiger partial charge on any atom is -0.383 e. The molecule has 4 rings (SSSR count). The molecule has 0 aliphatic carbocycles. The van der Waals surface area contributed by atoms with Crippen molar-refractivity contribution in [2.45, 2.75) is 12.5 Å². The van der Waals surface area contributed by atoms with Gasteiger partial charge in [0.05, 0.1) is 30.2 Å². The van der Waals surface area contributed by atoms with E-state index in [4.69, 9.17) is 4.74 Å². The number of carbonyl (C=O) groups is 2. The summed E-state index contributed by atoms with van der Waals surface area (Å²) in [6, 6.07) is 19.4. The Bertz CT molecular complexity index is 877. The molecule has 0 bridgehead atoms. The normalized spacial score (nSPS) is 23.6. The Morgan fingerprint density at radius 2 is 1.81 bits per heavy atom. The number of methoxy groups -OCH3 is 1. The van der Waals surface area contributed by atoms with E-state index < -0.39 is 0 Å². The monoisotopic (exact) mass is 422 g/mol. The van der Waals surface area contributed by atoms with E-state index in [0.29, 0.717) is 32.8 Å². The van der Waals surface area contributed by atoms with Gasteiger partial charge in [0.15, 0.2) is 0 Å². The fourth-order valence-electron chi connectivity index (χ4n) is 4.46. The predicted octanol–water partition coefficient (Wildman–Crippen LogP) is 1.46. The molecular weight excluding hydrogens is 392 g/mol. The fourth-order valence-corrected chi connectivity index (χ4v) is 4.46. The number of nitrogens with zero attached hydrogens (tertiary/aromatic N) is 2. The molecule has 3 unspecified atom stereocenters. The van der Waals surface area contributed by atoms with Gasteiger partial charge in [0, 0.05) is 33.3 Å². The highest BCUT2D eigenvalue weighted by Crippen LogP contribution is 2.31. The topological polar surface area (TPSA) is 73.9 Å². The summed E-state index contributed by atoms with van der Waals surface area (Å²) in [6.07, 6.45) is 0.781. The number of nitrogens with one attached hydrogen (secondary N) is 2. The van der Waals surface area contributed by atoms with Crippen LogP contribution < -0.4 is 15.8 Å². The van der Waals surface area contributed by atoms with Crippen LogP contribution in [0, 0.1) is 11.8 Å². The lowest BCUT2D eigenvalue weighted by Gasteiger charge is -2.38. The lowest BCUT2D eigenvalue weighted by Crippen LogP contribution is -2.57. The number of fused-ring (bicyclic) bond motifs is 1. The Labute approximate surface area is 183 Å². The van der Waals surface area contributed by atoms with Gasteiger partial charge in [-0.2, -0.15) is 0 Å². The second-order valence-corrected chi connectivity index (χ2v) is 8.16. The fraction of sp³-hybridized carbons (Fsp3) is 0.417. The van der Waals surface area contributed by atoms with Crippen LogP contribution in [0.3, 0.4) is 0 Å². The highest BCUT2D eigenvalue weighted by atomic mass is 16.5. The van der Waals surface area contributed by atoms with Gasteiger partial charge in [-0.15, -0.1) is 0 Å². The Morgan fingerprint density at radius 3 is 2.52 bits per heavy atom. The molecule has 2 saturated heterocycles. The summed E-state index contributed by atoms with van der Waals surface area (Å²) in [6.45, 7) is 3.07. The maximum atomic E-state index is 13.2. The second-order valence-electron chi connectivity index (χ2n) is 8.16. The maximum Gasteiger partial charge on any atom is 0.247 e. The predicted molar refractivity (Wildman–Crippen MR) is 119 cm³/mol. The van der Waals surface area contributed by atoms with Crippen LogP contribution in [0.5, 0.6) is 0 Å². The summed E-state index contributed by atoms with van der Waals surface area (Å²) in [5, 5.41) is 4.70. The number of ether oxygens (including phenoxy) is 1. The van der Waals surface area contributed by atoms with Crippen molar-refractivity contribution in [1.29, 1.82) is 0 Å². The van der Waals surface area contributed by atoms with Crippen LogP contribution in [0.25, 0.3) is 0 Å². The van der Waals surface area contributed by atoms with E-state index in [-0.39, 0.29) is 29.7 Å². The Kier molecular flexibility index (Phi) is 6.96. The molecule has 2 N–H and O–H groups in total. The smallest absolute Gasteiger partial charge is 0.247 e. The zero-order chi connectivity index (χ0) is 21.6. The number of hydrazine groups is 1. The number of rotatable bonds is 8. The zero-order valence-corrected chi connectivity index (χ0v) is 17.9. The van der Waals surface area contributed by atoms with Gasteiger partial charge in [-0.25, -0.2) is 10.4 Å². The molecule has 2 aromatic rings. The molecule has 3 atom stereocenters. The first kappa shape index (κ1) is 21.5. The second kappa shape index (κ2) is 10.0. The first-order valence-electron chi connectivity index (χ1n) is 10.9. The zero-order valence-electron chi connectivity index (χ0n) is 17.9. The van der Waals surface area contributed by atoms with Crippen LogP contribution in [0.4, 0.5) is 5.69 Å². The Morgan fingerprint density at radius 1 is 1.10 bits per heavy atom. The number of anilines is 1. The van der Waals surface area contributed by atoms with Crippen molar-refractivity contribution < 1.29 is 14.3 Å². The van der Waals surface area contributed by atoms with Crippen molar-refractivity contribution in [2.75, 3.05) is 44.9 Å². The molecule has 0 saturated carbocycles. The number of piperidine rings is 1. The molecule has 2 heterocycles. The number of carbonyl (C=O) groups excluding carboxylic acids is 2. The van der Waals surface area contributed by atoms with Gasteiger partial charge in [0.25, 0.3) is 0 Å². The number of benzene rings is 2. The maximum absolute atomic E-state index is 13.2. The van der Waals surface area contributed by atoms with Crippen LogP contribution in [0.15, 0.2) is 60.7 Å². The third-order valence-corrected chi connectivity index (χ3v) is 6.11. The van der Waals surface area contributed by atoms with Crippen molar-refractivity contribution in [3.05, 3.63) is 66.2 Å². The van der Waals surface area contributed by atoms with Crippen LogP contribution in [0.2, 0.25) is 0 Å². The summed E-state index contributed by atoms with van der Waals surface area (Å²) in [5.74, 6) is -0.580. The van der Waals surface area contributed by atoms with Gasteiger partial charge in [-0.1, -0.05) is 48.5 Å². The van der Waals surface area contributed by atoms with Crippen LogP contribution in [-0.2, 0) is 20.7 Å². The molecule has 0 aromatic heterocycles. The third kappa shape index (κ3) is 4.95. The quantitative estimate of drug-likeness (QED) is 0.674. The van der Waals surface area contributed by atoms with E-state index in [1.165, 1.54) is 5.56 Å². The van der Waals surface area contributed by atoms with Gasteiger partial charge >= 0.3 is 0 Å². The Hall–Kier alpha value is -2.74. The van der Waals surface area contributed by atoms with Crippen molar-refractivity contribution in [1.82, 2.24) is 15.6 Å². The van der Waals surface area contributed by atoms with Gasteiger partial charge in [-0.05, 0) is 24.1 Å². The largest absolute Gasteiger partial charge is 0.383 e. The molecule has 2 fully saturated rings. The van der Waals surface area contributed by atoms with E-state index in [1.807, 2.05) is 48.5 Å². The van der Waals surface area contributed by atoms with Crippen molar-refractivity contribution >= 4 is 17.5 Å². The lowest BCUT2D eigenvalue weighted by atomic mass is 9.84. The number of likely N-dealkylation sites (tertiary alicyclic amines) is 1. The summed E-state index contributed by atoms with van der Waals surface area (Å²) < 4.78 is 5.23. The minimum absolute atomic E-state index is 0.0109. The highest BCUT2D eigenvalue weighted by molar-refractivity contribution is 5.98. The number of hydrogen-bond acceptors (Lipinski definition) is 5. The molecule has 0 spiro atoms. The first-order chi connectivity index (χ1) is 15.2. The SMILES string of the molecule is COCCN1CC(C(=O)NCCc2ccccc2)C2NN(c3ccccc3)C(=O)C2C1. The van der Waals surface area contributed by atoms with Crippen molar-refractivity contribution in [3.63, 3.8) is 0 Å². The average Bonchev–Trinajstić information content (AvgIpc) is 3.15. The first-order valence-corrected chi connectivity index (χ1v) is 10.9. The van der Waals surface area contributed by atoms with Gasteiger partial charge in [-0.3, -0.25) is 14.5 Å². The van der Waals surface area contributed by atoms with E-state index >= 15 is 0 Å². The molecule has 7 nitrogen and oxygen atoms in total. The molecule has 2 aliphatic heterocycles. The third-order valence-electron chi connectivity index (χ3n) is 6.11.